The number of fused-ring (bicyclic) bond motifs is 3. The van der Waals surface area contributed by atoms with Crippen molar-refractivity contribution in [1.82, 2.24) is 14.9 Å². The Bertz CT molecular complexity index is 1680. The minimum atomic E-state index is -1.09. The summed E-state index contributed by atoms with van der Waals surface area (Å²) < 4.78 is 0. The molecule has 0 fully saturated rings. The first-order chi connectivity index (χ1) is 18.4. The van der Waals surface area contributed by atoms with Crippen molar-refractivity contribution in [2.24, 2.45) is 5.92 Å². The number of rotatable bonds is 6. The summed E-state index contributed by atoms with van der Waals surface area (Å²) >= 11 is 0. The van der Waals surface area contributed by atoms with Gasteiger partial charge in [0.25, 0.3) is 11.8 Å². The van der Waals surface area contributed by atoms with Gasteiger partial charge in [0.05, 0.1) is 22.3 Å². The van der Waals surface area contributed by atoms with E-state index in [9.17, 15) is 14.4 Å². The highest BCUT2D eigenvalue weighted by molar-refractivity contribution is 6.23. The van der Waals surface area contributed by atoms with Gasteiger partial charge in [0.1, 0.15) is 6.04 Å². The van der Waals surface area contributed by atoms with Gasteiger partial charge in [0.2, 0.25) is 5.91 Å². The predicted molar refractivity (Wildman–Crippen MR) is 147 cm³/mol. The first-order valence-corrected chi connectivity index (χ1v) is 12.6. The maximum Gasteiger partial charge on any atom is 0.262 e. The number of aromatic nitrogens is 2. The van der Waals surface area contributed by atoms with Crippen LogP contribution in [0.2, 0.25) is 0 Å². The summed E-state index contributed by atoms with van der Waals surface area (Å²) in [4.78, 5) is 50.4. The minimum absolute atomic E-state index is 0.0758. The highest BCUT2D eigenvalue weighted by Gasteiger charge is 2.47. The molecule has 2 atom stereocenters. The van der Waals surface area contributed by atoms with Crippen LogP contribution in [0.25, 0.3) is 21.8 Å². The van der Waals surface area contributed by atoms with Crippen LogP contribution in [0, 0.1) is 5.92 Å². The first kappa shape index (κ1) is 23.6. The monoisotopic (exact) mass is 502 g/mol. The molecule has 0 saturated carbocycles. The summed E-state index contributed by atoms with van der Waals surface area (Å²) in [5.41, 5.74) is 3.57. The van der Waals surface area contributed by atoms with Crippen molar-refractivity contribution in [1.29, 1.82) is 0 Å². The molecule has 3 heterocycles. The number of anilines is 1. The van der Waals surface area contributed by atoms with E-state index in [1.165, 1.54) is 0 Å². The number of nitrogens with zero attached hydrogens (tertiary/aromatic N) is 2. The Labute approximate surface area is 219 Å². The van der Waals surface area contributed by atoms with E-state index >= 15 is 0 Å². The lowest BCUT2D eigenvalue weighted by atomic mass is 9.80. The van der Waals surface area contributed by atoms with E-state index in [1.807, 2.05) is 68.6 Å². The third-order valence-corrected chi connectivity index (χ3v) is 7.29. The third kappa shape index (κ3) is 3.84. The molecule has 2 N–H and O–H groups in total. The Kier molecular flexibility index (Phi) is 5.76. The Morgan fingerprint density at radius 2 is 1.61 bits per heavy atom. The van der Waals surface area contributed by atoms with Crippen molar-refractivity contribution >= 4 is 45.2 Å². The van der Waals surface area contributed by atoms with Gasteiger partial charge in [0.15, 0.2) is 0 Å². The minimum Gasteiger partial charge on any atom is -0.361 e. The molecule has 0 radical (unpaired) electrons. The average Bonchev–Trinajstić information content (AvgIpc) is 3.49. The molecule has 3 amide bonds. The van der Waals surface area contributed by atoms with E-state index in [-0.39, 0.29) is 5.92 Å². The van der Waals surface area contributed by atoms with Crippen LogP contribution in [0.1, 0.15) is 46.0 Å². The Morgan fingerprint density at radius 1 is 0.868 bits per heavy atom. The summed E-state index contributed by atoms with van der Waals surface area (Å²) in [6.45, 7) is 4.00. The number of nitrogens with one attached hydrogen (secondary N) is 2. The van der Waals surface area contributed by atoms with Crippen LogP contribution in [-0.4, -0.2) is 38.6 Å². The largest absolute Gasteiger partial charge is 0.361 e. The lowest BCUT2D eigenvalue weighted by Crippen LogP contribution is -2.51. The molecule has 2 aromatic heterocycles. The maximum absolute atomic E-state index is 14.2. The highest BCUT2D eigenvalue weighted by atomic mass is 16.2. The van der Waals surface area contributed by atoms with Crippen molar-refractivity contribution < 1.29 is 14.4 Å². The highest BCUT2D eigenvalue weighted by Crippen LogP contribution is 2.37. The summed E-state index contributed by atoms with van der Waals surface area (Å²) in [6, 6.07) is 22.9. The number of benzene rings is 3. The van der Waals surface area contributed by atoms with Gasteiger partial charge in [-0.25, -0.2) is 0 Å². The predicted octanol–water partition coefficient (Wildman–Crippen LogP) is 5.76. The number of H-pyrrole nitrogens is 1. The van der Waals surface area contributed by atoms with Gasteiger partial charge < -0.3 is 10.3 Å². The number of para-hydroxylation sites is 1. The van der Waals surface area contributed by atoms with Crippen LogP contribution in [0.15, 0.2) is 91.3 Å². The van der Waals surface area contributed by atoms with E-state index < -0.39 is 29.7 Å². The standard InChI is InChI=1S/C31H26N4O3/c1-18(2)26(21-13-12-19-14-16-32-25(19)17-21)28(35-30(37)22-9-3-4-10-23(22)31(35)38)29(36)34-24-11-5-7-20-8-6-15-33-27(20)24/h3-18,26,28,32H,1-2H3,(H,34,36)/t26-,28+/m1/s1. The molecular weight excluding hydrogens is 476 g/mol. The molecule has 1 aliphatic heterocycles. The number of hydrogen-bond donors (Lipinski definition) is 2. The van der Waals surface area contributed by atoms with Crippen LogP contribution < -0.4 is 5.32 Å². The molecule has 38 heavy (non-hydrogen) atoms. The van der Waals surface area contributed by atoms with Crippen LogP contribution in [-0.2, 0) is 4.79 Å². The lowest BCUT2D eigenvalue weighted by Gasteiger charge is -2.35. The fourth-order valence-electron chi connectivity index (χ4n) is 5.52. The van der Waals surface area contributed by atoms with Gasteiger partial charge >= 0.3 is 0 Å². The smallest absolute Gasteiger partial charge is 0.262 e. The van der Waals surface area contributed by atoms with Crippen LogP contribution in [0.3, 0.4) is 0 Å². The van der Waals surface area contributed by atoms with E-state index in [0.717, 1.165) is 26.8 Å². The number of hydrogen-bond acceptors (Lipinski definition) is 4. The Morgan fingerprint density at radius 3 is 2.34 bits per heavy atom. The van der Waals surface area contributed by atoms with Gasteiger partial charge in [-0.15, -0.1) is 0 Å². The van der Waals surface area contributed by atoms with Gasteiger partial charge in [-0.05, 0) is 53.3 Å². The molecule has 7 heteroatoms. The first-order valence-electron chi connectivity index (χ1n) is 12.6. The van der Waals surface area contributed by atoms with Crippen LogP contribution in [0.5, 0.6) is 0 Å². The molecule has 3 aromatic carbocycles. The fraction of sp³-hybridized carbons (Fsp3) is 0.161. The lowest BCUT2D eigenvalue weighted by molar-refractivity contribution is -0.121. The van der Waals surface area contributed by atoms with E-state index in [4.69, 9.17) is 0 Å². The van der Waals surface area contributed by atoms with E-state index in [2.05, 4.69) is 15.3 Å². The van der Waals surface area contributed by atoms with Crippen molar-refractivity contribution in [3.05, 3.63) is 108 Å². The summed E-state index contributed by atoms with van der Waals surface area (Å²) in [5.74, 6) is -1.91. The number of carbonyl (C=O) groups is 3. The second-order valence-corrected chi connectivity index (χ2v) is 9.93. The molecule has 0 bridgehead atoms. The number of aromatic amines is 1. The quantitative estimate of drug-likeness (QED) is 0.289. The molecule has 188 valence electrons. The average molecular weight is 503 g/mol. The van der Waals surface area contributed by atoms with Crippen molar-refractivity contribution in [2.75, 3.05) is 5.32 Å². The van der Waals surface area contributed by atoms with Crippen molar-refractivity contribution in [2.45, 2.75) is 25.8 Å². The second-order valence-electron chi connectivity index (χ2n) is 9.93. The van der Waals surface area contributed by atoms with E-state index in [0.29, 0.717) is 22.3 Å². The zero-order valence-corrected chi connectivity index (χ0v) is 21.0. The van der Waals surface area contributed by atoms with Gasteiger partial charge in [-0.2, -0.15) is 0 Å². The molecule has 0 saturated heterocycles. The number of imide groups is 1. The summed E-state index contributed by atoms with van der Waals surface area (Å²) in [6.07, 6.45) is 3.53. The van der Waals surface area contributed by atoms with Crippen LogP contribution >= 0.6 is 0 Å². The molecule has 7 nitrogen and oxygen atoms in total. The Balaban J connectivity index is 1.48. The summed E-state index contributed by atoms with van der Waals surface area (Å²) in [7, 11) is 0. The van der Waals surface area contributed by atoms with Crippen LogP contribution in [0.4, 0.5) is 5.69 Å². The summed E-state index contributed by atoms with van der Waals surface area (Å²) in [5, 5.41) is 4.93. The van der Waals surface area contributed by atoms with Gasteiger partial charge in [-0.1, -0.05) is 56.3 Å². The molecule has 0 spiro atoms. The number of pyridine rings is 1. The molecule has 6 rings (SSSR count). The SMILES string of the molecule is CC(C)[C@H](c1ccc2cc[nH]c2c1)[C@@H](C(=O)Nc1cccc2cccnc12)N1C(=O)c2ccccc2C1=O. The zero-order valence-electron chi connectivity index (χ0n) is 21.0. The van der Waals surface area contributed by atoms with Gasteiger partial charge in [-0.3, -0.25) is 24.3 Å². The molecule has 1 aliphatic rings. The van der Waals surface area contributed by atoms with Gasteiger partial charge in [0, 0.05) is 29.2 Å². The fourth-order valence-corrected chi connectivity index (χ4v) is 5.52. The Hall–Kier alpha value is -4.78. The molecule has 0 unspecified atom stereocenters. The van der Waals surface area contributed by atoms with Crippen molar-refractivity contribution in [3.63, 3.8) is 0 Å². The van der Waals surface area contributed by atoms with Crippen molar-refractivity contribution in [3.8, 4) is 0 Å². The molecule has 5 aromatic rings. The molecular formula is C31H26N4O3. The molecule has 0 aliphatic carbocycles. The second kappa shape index (κ2) is 9.27. The number of amides is 3. The maximum atomic E-state index is 14.2. The third-order valence-electron chi connectivity index (χ3n) is 7.29. The van der Waals surface area contributed by atoms with E-state index in [1.54, 1.807) is 36.5 Å². The topological polar surface area (TPSA) is 95.2 Å². The zero-order chi connectivity index (χ0) is 26.4. The normalized spacial score (nSPS) is 14.8. The number of carbonyl (C=O) groups excluding carboxylic acids is 3.